The van der Waals surface area contributed by atoms with Gasteiger partial charge in [0.1, 0.15) is 34.9 Å². The molecule has 89 heavy (non-hydrogen) atoms. The third-order valence-electron chi connectivity index (χ3n) is 16.1. The van der Waals surface area contributed by atoms with Crippen LogP contribution in [0.15, 0.2) is 127 Å². The second kappa shape index (κ2) is 35.8. The van der Waals surface area contributed by atoms with Crippen LogP contribution < -0.4 is 56.2 Å². The van der Waals surface area contributed by atoms with Gasteiger partial charge in [0.25, 0.3) is 11.8 Å². The molecule has 2 heterocycles. The minimum absolute atomic E-state index is 0.0366. The van der Waals surface area contributed by atoms with Crippen molar-refractivity contribution in [3.05, 3.63) is 149 Å². The molecule has 0 unspecified atom stereocenters. The maximum absolute atomic E-state index is 14.6. The Kier molecular flexibility index (Phi) is 27.5. The summed E-state index contributed by atoms with van der Waals surface area (Å²) in [6.45, 7) is 20.3. The van der Waals surface area contributed by atoms with Crippen molar-refractivity contribution in [2.45, 2.75) is 137 Å². The summed E-state index contributed by atoms with van der Waals surface area (Å²) in [5.74, 6) is 2.50. The molecule has 0 aromatic heterocycles. The van der Waals surface area contributed by atoms with Gasteiger partial charge in [-0.3, -0.25) is 9.59 Å². The second-order valence-electron chi connectivity index (χ2n) is 22.6. The number of anilines is 5. The van der Waals surface area contributed by atoms with Crippen molar-refractivity contribution >= 4 is 63.9 Å². The van der Waals surface area contributed by atoms with Gasteiger partial charge in [-0.05, 0) is 212 Å². The first-order valence-electron chi connectivity index (χ1n) is 31.7. The number of piperidine rings is 2. The number of hydrogen-bond donors (Lipinski definition) is 7. The fourth-order valence-electron chi connectivity index (χ4n) is 10.4. The van der Waals surface area contributed by atoms with E-state index in [9.17, 15) is 23.6 Å². The van der Waals surface area contributed by atoms with Gasteiger partial charge in [-0.15, -0.1) is 0 Å². The Balaban J connectivity index is 0.000000254. The minimum atomic E-state index is -0.601. The van der Waals surface area contributed by atoms with Gasteiger partial charge in [0.05, 0.1) is 23.4 Å². The number of nitrogens with one attached hydrogen (secondary N) is 7. The number of amides is 6. The maximum atomic E-state index is 14.6. The molecule has 0 saturated carbocycles. The van der Waals surface area contributed by atoms with Crippen LogP contribution >= 0.6 is 11.6 Å². The van der Waals surface area contributed by atoms with Crippen molar-refractivity contribution in [2.24, 2.45) is 5.92 Å². The van der Waals surface area contributed by atoms with Crippen molar-refractivity contribution in [2.75, 3.05) is 79.5 Å². The van der Waals surface area contributed by atoms with Gasteiger partial charge in [0, 0.05) is 72.2 Å². The van der Waals surface area contributed by atoms with Crippen LogP contribution in [0.4, 0.5) is 42.4 Å². The molecule has 2 fully saturated rings. The lowest BCUT2D eigenvalue weighted by Gasteiger charge is -2.32. The molecule has 6 aromatic carbocycles. The quantitative estimate of drug-likeness (QED) is 0.0247. The van der Waals surface area contributed by atoms with Gasteiger partial charge < -0.3 is 66.0 Å². The monoisotopic (exact) mass is 1240 g/mol. The Morgan fingerprint density at radius 1 is 0.539 bits per heavy atom. The summed E-state index contributed by atoms with van der Waals surface area (Å²) in [7, 11) is 1.54. The number of ether oxygens (including phenoxy) is 4. The minimum Gasteiger partial charge on any atom is -0.493 e. The van der Waals surface area contributed by atoms with Gasteiger partial charge >= 0.3 is 12.1 Å². The van der Waals surface area contributed by atoms with E-state index in [0.717, 1.165) is 70.4 Å². The van der Waals surface area contributed by atoms with Crippen molar-refractivity contribution in [3.63, 3.8) is 0 Å². The van der Waals surface area contributed by atoms with Crippen LogP contribution in [-0.4, -0.2) is 105 Å². The van der Waals surface area contributed by atoms with Crippen LogP contribution in [0, 0.1) is 11.7 Å². The molecule has 478 valence electrons. The van der Waals surface area contributed by atoms with E-state index in [4.69, 9.17) is 30.5 Å². The van der Waals surface area contributed by atoms with E-state index in [1.165, 1.54) is 77.4 Å². The molecule has 6 aromatic rings. The molecule has 17 nitrogen and oxygen atoms in total. The van der Waals surface area contributed by atoms with Gasteiger partial charge in [0.2, 0.25) is 0 Å². The number of methoxy groups -OCH3 is 1. The topological polar surface area (TPSA) is 196 Å². The van der Waals surface area contributed by atoms with Gasteiger partial charge in [-0.1, -0.05) is 66.0 Å². The van der Waals surface area contributed by atoms with Crippen LogP contribution in [0.2, 0.25) is 5.02 Å². The van der Waals surface area contributed by atoms with E-state index in [0.29, 0.717) is 67.9 Å². The Morgan fingerprint density at radius 3 is 1.61 bits per heavy atom. The highest BCUT2D eigenvalue weighted by Gasteiger charge is 2.23. The molecule has 0 spiro atoms. The van der Waals surface area contributed by atoms with Crippen molar-refractivity contribution in [3.8, 4) is 34.5 Å². The zero-order chi connectivity index (χ0) is 63.5. The van der Waals surface area contributed by atoms with Crippen molar-refractivity contribution in [1.29, 1.82) is 0 Å². The Bertz CT molecular complexity index is 3170. The van der Waals surface area contributed by atoms with E-state index < -0.39 is 11.8 Å². The Hall–Kier alpha value is -8.06. The highest BCUT2D eigenvalue weighted by Crippen LogP contribution is 2.35. The predicted molar refractivity (Wildman–Crippen MR) is 357 cm³/mol. The van der Waals surface area contributed by atoms with E-state index in [1.807, 2.05) is 52.0 Å². The zero-order valence-electron chi connectivity index (χ0n) is 52.8. The molecule has 2 saturated heterocycles. The fourth-order valence-corrected chi connectivity index (χ4v) is 10.7. The predicted octanol–water partition coefficient (Wildman–Crippen LogP) is 16.5. The highest BCUT2D eigenvalue weighted by atomic mass is 35.5. The molecule has 2 aliphatic rings. The van der Waals surface area contributed by atoms with E-state index >= 15 is 0 Å². The standard InChI is InChI=1S/C35H45ClN4O5.C35H46FN5O3/c1-5-8-19-40-20-17-28(18-21-40)44-29-14-15-30(31(36)23-29)34(41)37-25-9-12-27(13-10-25)45-32-16-11-26(22-33(32)43-4)39-35(42)38-24(6-2)7-3;1-4-7-20-41-21-18-25(19-22-41)24-37-28-10-8-26(9-11-28)34(42)38-29-12-14-30(15-13-29)44-31-16-17-33(32(36)23-31)40-35(43)39-27(5-2)6-3/h9-16,22-24,28H,5-8,17-21H2,1-4H3,(H,37,41)(H2,38,39,42);8-17,23,25,27,37H,4-7,18-22,24H2,1-3H3,(H,38,42)(H2,39,40,43). The van der Waals surface area contributed by atoms with Gasteiger partial charge in [-0.25, -0.2) is 14.0 Å². The number of carbonyl (C=O) groups is 4. The summed E-state index contributed by atoms with van der Waals surface area (Å²) in [4.78, 5) is 55.3. The first kappa shape index (κ1) is 68.4. The Morgan fingerprint density at radius 2 is 1.06 bits per heavy atom. The number of rotatable bonds is 28. The molecule has 0 aliphatic carbocycles. The highest BCUT2D eigenvalue weighted by molar-refractivity contribution is 6.34. The van der Waals surface area contributed by atoms with Crippen LogP contribution in [0.3, 0.4) is 0 Å². The van der Waals surface area contributed by atoms with E-state index in [1.54, 1.807) is 91.0 Å². The number of urea groups is 2. The summed E-state index contributed by atoms with van der Waals surface area (Å²) in [6.07, 6.45) is 12.8. The number of nitrogens with zero attached hydrogens (tertiary/aromatic N) is 2. The molecule has 8 rings (SSSR count). The van der Waals surface area contributed by atoms with Crippen molar-refractivity contribution in [1.82, 2.24) is 20.4 Å². The number of halogens is 2. The molecular weight excluding hydrogens is 1150 g/mol. The number of hydrogen-bond acceptors (Lipinski definition) is 11. The zero-order valence-corrected chi connectivity index (χ0v) is 53.5. The third-order valence-corrected chi connectivity index (χ3v) is 16.4. The van der Waals surface area contributed by atoms with Crippen LogP contribution in [0.25, 0.3) is 0 Å². The van der Waals surface area contributed by atoms with Crippen LogP contribution in [0.5, 0.6) is 34.5 Å². The molecule has 0 radical (unpaired) electrons. The molecule has 19 heteroatoms. The van der Waals surface area contributed by atoms with E-state index in [-0.39, 0.29) is 47.5 Å². The first-order chi connectivity index (χ1) is 43.2. The number of carbonyl (C=O) groups excluding carboxylic acids is 4. The number of likely N-dealkylation sites (tertiary alicyclic amines) is 2. The maximum Gasteiger partial charge on any atom is 0.319 e. The summed E-state index contributed by atoms with van der Waals surface area (Å²) in [6, 6.07) is 35.5. The molecule has 2 aliphatic heterocycles. The average molecular weight is 1240 g/mol. The van der Waals surface area contributed by atoms with E-state index in [2.05, 4.69) is 60.9 Å². The van der Waals surface area contributed by atoms with Gasteiger partial charge in [0.15, 0.2) is 11.5 Å². The lowest BCUT2D eigenvalue weighted by Crippen LogP contribution is -2.38. The van der Waals surface area contributed by atoms with Crippen LogP contribution in [0.1, 0.15) is 139 Å². The fraction of sp³-hybridized carbons (Fsp3) is 0.429. The molecule has 0 bridgehead atoms. The molecule has 0 atom stereocenters. The molecule has 7 N–H and O–H groups in total. The largest absolute Gasteiger partial charge is 0.493 e. The van der Waals surface area contributed by atoms with Crippen molar-refractivity contribution < 1.29 is 42.5 Å². The smallest absolute Gasteiger partial charge is 0.319 e. The molecular formula is C70H91ClFN9O8. The first-order valence-corrected chi connectivity index (χ1v) is 32.1. The lowest BCUT2D eigenvalue weighted by molar-refractivity contribution is 0.0996. The SMILES string of the molecule is CCCCN1CCC(CNc2ccc(C(=O)Nc3ccc(Oc4ccc(NC(=O)NC(CC)CC)c(F)c4)cc3)cc2)CC1.CCCCN1CCC(Oc2ccc(C(=O)Nc3ccc(Oc4ccc(NC(=O)NC(CC)CC)cc4OC)cc3)c(Cl)c2)CC1. The number of benzene rings is 6. The summed E-state index contributed by atoms with van der Waals surface area (Å²) < 4.78 is 38.1. The summed E-state index contributed by atoms with van der Waals surface area (Å²) in [5.41, 5.74) is 3.81. The molecule has 6 amide bonds. The third kappa shape index (κ3) is 22.2. The van der Waals surface area contributed by atoms with Crippen LogP contribution in [-0.2, 0) is 0 Å². The average Bonchev–Trinajstić information content (AvgIpc) is 3.24. The van der Waals surface area contributed by atoms with Gasteiger partial charge in [-0.2, -0.15) is 0 Å². The summed E-state index contributed by atoms with van der Waals surface area (Å²) in [5, 5.41) is 20.8. The second-order valence-corrected chi connectivity index (χ2v) is 23.1. The Labute approximate surface area is 530 Å². The lowest BCUT2D eigenvalue weighted by atomic mass is 9.96. The normalized spacial score (nSPS) is 13.8. The number of unbranched alkanes of at least 4 members (excludes halogenated alkanes) is 2. The summed E-state index contributed by atoms with van der Waals surface area (Å²) >= 11 is 6.50.